The first-order chi connectivity index (χ1) is 15.1. The Balaban J connectivity index is 2.16. The van der Waals surface area contributed by atoms with E-state index in [1.54, 1.807) is 0 Å². The Bertz CT molecular complexity index is 796. The second kappa shape index (κ2) is 9.99. The summed E-state index contributed by atoms with van der Waals surface area (Å²) in [5.41, 5.74) is -2.08. The third kappa shape index (κ3) is 5.06. The number of alkyl halides is 3. The average molecular weight is 503 g/mol. The average Bonchev–Trinajstić information content (AvgIpc) is 3.36. The molecule has 0 aromatic rings. The quantitative estimate of drug-likeness (QED) is 0.275. The molecule has 0 amide bonds. The van der Waals surface area contributed by atoms with Crippen LogP contribution < -0.4 is 0 Å². The number of hydrogen-bond acceptors (Lipinski definition) is 6. The van der Waals surface area contributed by atoms with Gasteiger partial charge in [0.25, 0.3) is 0 Å². The highest BCUT2D eigenvalue weighted by Gasteiger charge is 2.64. The molecule has 2 saturated carbocycles. The van der Waals surface area contributed by atoms with E-state index in [0.717, 1.165) is 0 Å². The van der Waals surface area contributed by atoms with Crippen molar-refractivity contribution in [1.82, 2.24) is 0 Å². The molecule has 2 aliphatic carbocycles. The Morgan fingerprint density at radius 3 is 1.94 bits per heavy atom. The maximum absolute atomic E-state index is 13.7. The summed E-state index contributed by atoms with van der Waals surface area (Å²) < 4.78 is 75.2. The lowest BCUT2D eigenvalue weighted by molar-refractivity contribution is -0.167. The van der Waals surface area contributed by atoms with Gasteiger partial charge in [-0.05, 0) is 62.2 Å². The molecule has 6 unspecified atom stereocenters. The minimum absolute atomic E-state index is 0.0233. The molecule has 194 valence electrons. The fourth-order valence-electron chi connectivity index (χ4n) is 6.28. The van der Waals surface area contributed by atoms with Crippen molar-refractivity contribution in [2.24, 2.45) is 29.6 Å². The standard InChI is InChI=1S/C22H37F3O7S/c1-5-20(27,6-2)17-13-11-14(18(17)21(28,7-3)8-4)15(12-13)19(26)32-10-9-16(23)22(24,25)33(29,30)31/h13-18,27-28H,5-12H2,1-4H3,(H,29,30,31). The Morgan fingerprint density at radius 1 is 1.00 bits per heavy atom. The smallest absolute Gasteiger partial charge is 0.400 e. The highest BCUT2D eigenvalue weighted by atomic mass is 32.2. The largest absolute Gasteiger partial charge is 0.465 e. The number of halogens is 3. The van der Waals surface area contributed by atoms with Crippen LogP contribution in [0.15, 0.2) is 0 Å². The molecule has 2 aliphatic rings. The van der Waals surface area contributed by atoms with Crippen LogP contribution in [0, 0.1) is 29.6 Å². The summed E-state index contributed by atoms with van der Waals surface area (Å²) >= 11 is 0. The SMILES string of the molecule is CCC(O)(CC)C1C2CC(C(=O)OCCC(F)C(F)(F)S(=O)(=O)O)C(C2)C1C(O)(CC)CC. The van der Waals surface area contributed by atoms with Crippen molar-refractivity contribution < 1.29 is 45.9 Å². The van der Waals surface area contributed by atoms with Crippen LogP contribution >= 0.6 is 0 Å². The Kier molecular flexibility index (Phi) is 8.57. The van der Waals surface area contributed by atoms with Gasteiger partial charge in [-0.2, -0.15) is 17.2 Å². The molecular formula is C22H37F3O7S. The van der Waals surface area contributed by atoms with E-state index in [0.29, 0.717) is 38.5 Å². The topological polar surface area (TPSA) is 121 Å². The molecule has 3 N–H and O–H groups in total. The van der Waals surface area contributed by atoms with Crippen molar-refractivity contribution in [3.8, 4) is 0 Å². The Morgan fingerprint density at radius 2 is 1.48 bits per heavy atom. The van der Waals surface area contributed by atoms with Crippen molar-refractivity contribution >= 4 is 16.1 Å². The van der Waals surface area contributed by atoms with Crippen LogP contribution in [0.4, 0.5) is 13.2 Å². The number of rotatable bonds is 12. The fourth-order valence-corrected chi connectivity index (χ4v) is 6.72. The van der Waals surface area contributed by atoms with Crippen molar-refractivity contribution in [3.05, 3.63) is 0 Å². The van der Waals surface area contributed by atoms with Gasteiger partial charge in [0.05, 0.1) is 23.7 Å². The van der Waals surface area contributed by atoms with Crippen LogP contribution in [0.3, 0.4) is 0 Å². The van der Waals surface area contributed by atoms with E-state index in [-0.39, 0.29) is 23.7 Å². The lowest BCUT2D eigenvalue weighted by atomic mass is 9.59. The van der Waals surface area contributed by atoms with E-state index in [2.05, 4.69) is 0 Å². The molecule has 2 fully saturated rings. The van der Waals surface area contributed by atoms with Gasteiger partial charge in [0.1, 0.15) is 0 Å². The summed E-state index contributed by atoms with van der Waals surface area (Å²) in [5, 5.41) is 17.8. The number of carbonyl (C=O) groups is 1. The van der Waals surface area contributed by atoms with Crippen LogP contribution in [0.1, 0.15) is 72.6 Å². The van der Waals surface area contributed by atoms with Crippen LogP contribution in [0.2, 0.25) is 0 Å². The Labute approximate surface area is 193 Å². The predicted molar refractivity (Wildman–Crippen MR) is 115 cm³/mol. The lowest BCUT2D eigenvalue weighted by Crippen LogP contribution is -2.54. The molecule has 0 aliphatic heterocycles. The van der Waals surface area contributed by atoms with Gasteiger partial charge in [-0.1, -0.05) is 27.7 Å². The third-order valence-electron chi connectivity index (χ3n) is 8.32. The van der Waals surface area contributed by atoms with Crippen molar-refractivity contribution in [2.45, 2.75) is 95.3 Å². The van der Waals surface area contributed by atoms with Crippen molar-refractivity contribution in [3.63, 3.8) is 0 Å². The minimum Gasteiger partial charge on any atom is -0.465 e. The summed E-state index contributed by atoms with van der Waals surface area (Å²) in [4.78, 5) is 12.8. The molecule has 2 rings (SSSR count). The zero-order valence-corrected chi connectivity index (χ0v) is 20.5. The van der Waals surface area contributed by atoms with Crippen molar-refractivity contribution in [1.29, 1.82) is 0 Å². The molecule has 0 saturated heterocycles. The van der Waals surface area contributed by atoms with E-state index >= 15 is 0 Å². The first kappa shape index (κ1) is 28.3. The van der Waals surface area contributed by atoms with Gasteiger partial charge in [-0.25, -0.2) is 4.39 Å². The summed E-state index contributed by atoms with van der Waals surface area (Å²) in [6.45, 7) is 6.73. The van der Waals surface area contributed by atoms with Gasteiger partial charge in [0, 0.05) is 6.42 Å². The van der Waals surface area contributed by atoms with E-state index < -0.39 is 57.7 Å². The molecule has 0 spiro atoms. The molecule has 7 nitrogen and oxygen atoms in total. The fraction of sp³-hybridized carbons (Fsp3) is 0.955. The Hall–Kier alpha value is -0.910. The summed E-state index contributed by atoms with van der Waals surface area (Å²) in [5.74, 6) is -2.19. The zero-order chi connectivity index (χ0) is 25.4. The van der Waals surface area contributed by atoms with E-state index in [1.807, 2.05) is 27.7 Å². The minimum atomic E-state index is -5.93. The van der Waals surface area contributed by atoms with Gasteiger partial charge in [-0.15, -0.1) is 0 Å². The molecule has 0 aromatic carbocycles. The highest BCUT2D eigenvalue weighted by molar-refractivity contribution is 7.86. The number of hydrogen-bond donors (Lipinski definition) is 3. The third-order valence-corrected chi connectivity index (χ3v) is 9.26. The molecular weight excluding hydrogens is 465 g/mol. The van der Waals surface area contributed by atoms with Gasteiger partial charge in [-0.3, -0.25) is 9.35 Å². The summed E-state index contributed by atoms with van der Waals surface area (Å²) in [7, 11) is -5.93. The number of carbonyl (C=O) groups excluding carboxylic acids is 1. The van der Waals surface area contributed by atoms with E-state index in [1.165, 1.54) is 0 Å². The predicted octanol–water partition coefficient (Wildman–Crippen LogP) is 3.73. The van der Waals surface area contributed by atoms with Crippen LogP contribution in [0.5, 0.6) is 0 Å². The van der Waals surface area contributed by atoms with Gasteiger partial charge in [0.15, 0.2) is 6.17 Å². The second-order valence-corrected chi connectivity index (χ2v) is 11.1. The molecule has 33 heavy (non-hydrogen) atoms. The highest BCUT2D eigenvalue weighted by Crippen LogP contribution is 2.63. The normalized spacial score (nSPS) is 29.3. The molecule has 6 atom stereocenters. The van der Waals surface area contributed by atoms with Crippen molar-refractivity contribution in [2.75, 3.05) is 6.61 Å². The van der Waals surface area contributed by atoms with Gasteiger partial charge < -0.3 is 14.9 Å². The molecule has 0 aromatic heterocycles. The second-order valence-electron chi connectivity index (χ2n) is 9.64. The lowest BCUT2D eigenvalue weighted by Gasteiger charge is -2.50. The van der Waals surface area contributed by atoms with E-state index in [4.69, 9.17) is 9.29 Å². The first-order valence-corrected chi connectivity index (χ1v) is 13.2. The molecule has 11 heteroatoms. The molecule has 0 heterocycles. The number of fused-ring (bicyclic) bond motifs is 2. The maximum atomic E-state index is 13.7. The number of ether oxygens (including phenoxy) is 1. The van der Waals surface area contributed by atoms with E-state index in [9.17, 15) is 36.6 Å². The zero-order valence-electron chi connectivity index (χ0n) is 19.6. The van der Waals surface area contributed by atoms with Crippen LogP contribution in [0.25, 0.3) is 0 Å². The van der Waals surface area contributed by atoms with Gasteiger partial charge >= 0.3 is 21.3 Å². The monoisotopic (exact) mass is 502 g/mol. The number of esters is 1. The maximum Gasteiger partial charge on any atom is 0.400 e. The molecule has 0 radical (unpaired) electrons. The molecule has 2 bridgehead atoms. The number of aliphatic hydroxyl groups is 2. The first-order valence-electron chi connectivity index (χ1n) is 11.7. The van der Waals surface area contributed by atoms with Gasteiger partial charge in [0.2, 0.25) is 0 Å². The summed E-state index contributed by atoms with van der Waals surface area (Å²) in [6, 6.07) is 0. The van der Waals surface area contributed by atoms with Crippen LogP contribution in [-0.2, 0) is 19.6 Å². The van der Waals surface area contributed by atoms with Crippen LogP contribution in [-0.4, -0.2) is 58.4 Å². The summed E-state index contributed by atoms with van der Waals surface area (Å²) in [6.07, 6.45) is -1.40.